The number of ether oxygens (including phenoxy) is 2. The highest BCUT2D eigenvalue weighted by Crippen LogP contribution is 2.29. The molecule has 2 aromatic heterocycles. The predicted octanol–water partition coefficient (Wildman–Crippen LogP) is 1.38. The molecule has 29 heavy (non-hydrogen) atoms. The van der Waals surface area contributed by atoms with Crippen LogP contribution in [0, 0.1) is 6.92 Å². The smallest absolute Gasteiger partial charge is 0.240 e. The van der Waals surface area contributed by atoms with E-state index in [9.17, 15) is 8.42 Å². The summed E-state index contributed by atoms with van der Waals surface area (Å²) in [5.74, 6) is 1.93. The molecule has 0 radical (unpaired) electrons. The van der Waals surface area contributed by atoms with Gasteiger partial charge >= 0.3 is 0 Å². The maximum Gasteiger partial charge on any atom is 0.240 e. The second-order valence-electron chi connectivity index (χ2n) is 6.02. The van der Waals surface area contributed by atoms with E-state index in [0.717, 1.165) is 5.69 Å². The van der Waals surface area contributed by atoms with Crippen molar-refractivity contribution < 1.29 is 17.9 Å². The molecular weight excluding hydrogens is 396 g/mol. The third-order valence-corrected chi connectivity index (χ3v) is 5.45. The molecule has 2 N–H and O–H groups in total. The summed E-state index contributed by atoms with van der Waals surface area (Å²) in [6, 6.07) is 9.81. The summed E-state index contributed by atoms with van der Waals surface area (Å²) in [6.45, 7) is 2.39. The van der Waals surface area contributed by atoms with E-state index in [0.29, 0.717) is 29.7 Å². The van der Waals surface area contributed by atoms with Crippen molar-refractivity contribution in [1.82, 2.24) is 24.7 Å². The zero-order chi connectivity index (χ0) is 20.9. The summed E-state index contributed by atoms with van der Waals surface area (Å²) in [5.41, 5.74) is 0.885. The highest BCUT2D eigenvalue weighted by Gasteiger charge is 2.16. The Hall–Kier alpha value is -3.18. The van der Waals surface area contributed by atoms with Gasteiger partial charge in [0, 0.05) is 25.4 Å². The Morgan fingerprint density at radius 1 is 1.00 bits per heavy atom. The van der Waals surface area contributed by atoms with Gasteiger partial charge in [-0.1, -0.05) is 0 Å². The fourth-order valence-electron chi connectivity index (χ4n) is 2.53. The van der Waals surface area contributed by atoms with Gasteiger partial charge in [-0.3, -0.25) is 0 Å². The van der Waals surface area contributed by atoms with E-state index in [4.69, 9.17) is 9.47 Å². The molecule has 0 unspecified atom stereocenters. The first-order valence-electron chi connectivity index (χ1n) is 8.75. The number of aryl methyl sites for hydroxylation is 1. The number of sulfonamides is 1. The summed E-state index contributed by atoms with van der Waals surface area (Å²) in [5, 5.41) is 15.4. The molecule has 10 nitrogen and oxygen atoms in total. The average molecular weight is 418 g/mol. The summed E-state index contributed by atoms with van der Waals surface area (Å²) in [6.07, 6.45) is 1.80. The Bertz CT molecular complexity index is 1070. The monoisotopic (exact) mass is 418 g/mol. The lowest BCUT2D eigenvalue weighted by atomic mass is 10.3. The van der Waals surface area contributed by atoms with Crippen molar-refractivity contribution in [3.63, 3.8) is 0 Å². The van der Waals surface area contributed by atoms with Crippen LogP contribution in [-0.4, -0.2) is 55.7 Å². The maximum atomic E-state index is 12.4. The molecule has 0 amide bonds. The van der Waals surface area contributed by atoms with Crippen LogP contribution in [0.1, 0.15) is 5.69 Å². The maximum absolute atomic E-state index is 12.4. The van der Waals surface area contributed by atoms with Gasteiger partial charge in [-0.15, -0.1) is 10.2 Å². The molecule has 0 atom stereocenters. The van der Waals surface area contributed by atoms with Gasteiger partial charge in [0.2, 0.25) is 10.0 Å². The lowest BCUT2D eigenvalue weighted by Crippen LogP contribution is -2.29. The largest absolute Gasteiger partial charge is 0.493 e. The van der Waals surface area contributed by atoms with Gasteiger partial charge in [0.1, 0.15) is 5.82 Å². The zero-order valence-electron chi connectivity index (χ0n) is 16.3. The topological polar surface area (TPSA) is 120 Å². The number of methoxy groups -OCH3 is 2. The molecular formula is C18H22N6O4S. The quantitative estimate of drug-likeness (QED) is 0.500. The van der Waals surface area contributed by atoms with E-state index in [1.807, 2.05) is 13.0 Å². The van der Waals surface area contributed by atoms with Crippen molar-refractivity contribution in [2.24, 2.45) is 0 Å². The normalized spacial score (nSPS) is 11.3. The molecule has 0 aliphatic carbocycles. The molecule has 2 heterocycles. The van der Waals surface area contributed by atoms with Crippen LogP contribution in [0.2, 0.25) is 0 Å². The second kappa shape index (κ2) is 8.88. The number of hydrogen-bond acceptors (Lipinski definition) is 8. The molecule has 0 saturated carbocycles. The van der Waals surface area contributed by atoms with Gasteiger partial charge in [0.25, 0.3) is 0 Å². The zero-order valence-corrected chi connectivity index (χ0v) is 17.1. The predicted molar refractivity (Wildman–Crippen MR) is 107 cm³/mol. The SMILES string of the molecule is COc1ccc(S(=O)(=O)NCCNc2ccc(-n3ccc(C)n3)nn2)cc1OC. The van der Waals surface area contributed by atoms with E-state index in [2.05, 4.69) is 25.3 Å². The molecule has 0 fully saturated rings. The van der Waals surface area contributed by atoms with Crippen molar-refractivity contribution in [1.29, 1.82) is 0 Å². The van der Waals surface area contributed by atoms with E-state index in [-0.39, 0.29) is 11.4 Å². The molecule has 0 aliphatic rings. The Morgan fingerprint density at radius 3 is 2.41 bits per heavy atom. The molecule has 0 bridgehead atoms. The number of hydrogen-bond donors (Lipinski definition) is 2. The summed E-state index contributed by atoms with van der Waals surface area (Å²) in [7, 11) is -0.749. The highest BCUT2D eigenvalue weighted by molar-refractivity contribution is 7.89. The standard InChI is InChI=1S/C18H22N6O4S/c1-13-8-11-24(23-13)18-7-6-17(21-22-18)19-9-10-20-29(25,26)14-4-5-15(27-2)16(12-14)28-3/h4-8,11-12,20H,9-10H2,1-3H3,(H,19,21). The molecule has 0 aliphatic heterocycles. The Balaban J connectivity index is 1.54. The van der Waals surface area contributed by atoms with Gasteiger partial charge in [-0.2, -0.15) is 5.10 Å². The number of nitrogens with one attached hydrogen (secondary N) is 2. The van der Waals surface area contributed by atoms with Crippen LogP contribution >= 0.6 is 0 Å². The van der Waals surface area contributed by atoms with Crippen LogP contribution in [0.5, 0.6) is 11.5 Å². The minimum atomic E-state index is -3.69. The van der Waals surface area contributed by atoms with Crippen LogP contribution in [-0.2, 0) is 10.0 Å². The first-order chi connectivity index (χ1) is 13.9. The molecule has 3 rings (SSSR count). The molecule has 11 heteroatoms. The van der Waals surface area contributed by atoms with Crippen molar-refractivity contribution in [2.75, 3.05) is 32.6 Å². The average Bonchev–Trinajstić information content (AvgIpc) is 3.17. The number of nitrogens with zero attached hydrogens (tertiary/aromatic N) is 4. The van der Waals surface area contributed by atoms with Crippen LogP contribution in [0.15, 0.2) is 47.5 Å². The fraction of sp³-hybridized carbons (Fsp3) is 0.278. The minimum Gasteiger partial charge on any atom is -0.493 e. The van der Waals surface area contributed by atoms with Gasteiger partial charge in [0.15, 0.2) is 17.3 Å². The van der Waals surface area contributed by atoms with Crippen molar-refractivity contribution in [3.8, 4) is 17.3 Å². The Kier molecular flexibility index (Phi) is 6.29. The van der Waals surface area contributed by atoms with E-state index < -0.39 is 10.0 Å². The van der Waals surface area contributed by atoms with E-state index in [1.165, 1.54) is 26.4 Å². The number of anilines is 1. The van der Waals surface area contributed by atoms with Gasteiger partial charge in [-0.25, -0.2) is 17.8 Å². The third kappa shape index (κ3) is 5.00. The highest BCUT2D eigenvalue weighted by atomic mass is 32.2. The number of rotatable bonds is 9. The van der Waals surface area contributed by atoms with Crippen LogP contribution < -0.4 is 19.5 Å². The molecule has 3 aromatic rings. The van der Waals surface area contributed by atoms with Crippen LogP contribution in [0.3, 0.4) is 0 Å². The van der Waals surface area contributed by atoms with Crippen molar-refractivity contribution in [3.05, 3.63) is 48.3 Å². The van der Waals surface area contributed by atoms with Gasteiger partial charge in [-0.05, 0) is 37.3 Å². The minimum absolute atomic E-state index is 0.0915. The van der Waals surface area contributed by atoms with Crippen molar-refractivity contribution >= 4 is 15.8 Å². The lowest BCUT2D eigenvalue weighted by molar-refractivity contribution is 0.354. The van der Waals surface area contributed by atoms with E-state index >= 15 is 0 Å². The van der Waals surface area contributed by atoms with Crippen molar-refractivity contribution in [2.45, 2.75) is 11.8 Å². The molecule has 154 valence electrons. The Labute approximate surface area is 168 Å². The molecule has 1 aromatic carbocycles. The van der Waals surface area contributed by atoms with Gasteiger partial charge in [0.05, 0.1) is 24.8 Å². The summed E-state index contributed by atoms with van der Waals surface area (Å²) < 4.78 is 39.3. The summed E-state index contributed by atoms with van der Waals surface area (Å²) >= 11 is 0. The second-order valence-corrected chi connectivity index (χ2v) is 7.79. The van der Waals surface area contributed by atoms with E-state index in [1.54, 1.807) is 29.1 Å². The number of aromatic nitrogens is 4. The van der Waals surface area contributed by atoms with Gasteiger partial charge < -0.3 is 14.8 Å². The number of benzene rings is 1. The van der Waals surface area contributed by atoms with Crippen LogP contribution in [0.25, 0.3) is 5.82 Å². The molecule has 0 saturated heterocycles. The Morgan fingerprint density at radius 2 is 1.79 bits per heavy atom. The molecule has 0 spiro atoms. The summed E-state index contributed by atoms with van der Waals surface area (Å²) in [4.78, 5) is 0.0915. The first kappa shape index (κ1) is 20.6. The van der Waals surface area contributed by atoms with Crippen LogP contribution in [0.4, 0.5) is 5.82 Å². The fourth-order valence-corrected chi connectivity index (χ4v) is 3.57. The first-order valence-corrected chi connectivity index (χ1v) is 10.2. The third-order valence-electron chi connectivity index (χ3n) is 4.00. The lowest BCUT2D eigenvalue weighted by Gasteiger charge is -2.11.